The van der Waals surface area contributed by atoms with E-state index in [1.807, 2.05) is 0 Å². The molecule has 0 unspecified atom stereocenters. The number of hydrogen-bond donors (Lipinski definition) is 2. The van der Waals surface area contributed by atoms with Crippen molar-refractivity contribution in [3.63, 3.8) is 0 Å². The minimum atomic E-state index is -4.00. The Morgan fingerprint density at radius 2 is 1.95 bits per heavy atom. The highest BCUT2D eigenvalue weighted by atomic mass is 79.9. The molecule has 0 aromatic heterocycles. The van der Waals surface area contributed by atoms with Gasteiger partial charge < -0.3 is 5.73 Å². The van der Waals surface area contributed by atoms with E-state index in [9.17, 15) is 12.8 Å². The number of nitrogens with one attached hydrogen (secondary N) is 1. The third-order valence-corrected chi connectivity index (χ3v) is 5.03. The quantitative estimate of drug-likeness (QED) is 0.776. The second-order valence-corrected chi connectivity index (χ2v) is 7.35. The maximum Gasteiger partial charge on any atom is 0.262 e. The first-order chi connectivity index (χ1) is 9.70. The smallest absolute Gasteiger partial charge is 0.262 e. The summed E-state index contributed by atoms with van der Waals surface area (Å²) in [5.74, 6) is -0.686. The van der Waals surface area contributed by atoms with Gasteiger partial charge in [0.1, 0.15) is 5.82 Å². The Morgan fingerprint density at radius 1 is 1.29 bits per heavy atom. The molecule has 2 aromatic rings. The van der Waals surface area contributed by atoms with Crippen LogP contribution in [0.1, 0.15) is 5.56 Å². The third-order valence-electron chi connectivity index (χ3n) is 2.83. The van der Waals surface area contributed by atoms with Crippen molar-refractivity contribution in [2.45, 2.75) is 11.8 Å². The van der Waals surface area contributed by atoms with Crippen LogP contribution in [-0.2, 0) is 10.0 Å². The molecule has 0 aliphatic rings. The van der Waals surface area contributed by atoms with Crippen molar-refractivity contribution >= 4 is 48.9 Å². The summed E-state index contributed by atoms with van der Waals surface area (Å²) >= 11 is 8.99. The lowest BCUT2D eigenvalue weighted by Gasteiger charge is -2.13. The summed E-state index contributed by atoms with van der Waals surface area (Å²) in [5, 5.41) is 0.188. The van der Waals surface area contributed by atoms with E-state index >= 15 is 0 Å². The van der Waals surface area contributed by atoms with Gasteiger partial charge in [-0.3, -0.25) is 4.72 Å². The van der Waals surface area contributed by atoms with Crippen LogP contribution in [0.15, 0.2) is 39.7 Å². The second kappa shape index (κ2) is 5.82. The zero-order valence-corrected chi connectivity index (χ0v) is 14.0. The van der Waals surface area contributed by atoms with Gasteiger partial charge in [0, 0.05) is 15.2 Å². The van der Waals surface area contributed by atoms with Gasteiger partial charge in [-0.25, -0.2) is 12.8 Å². The Balaban J connectivity index is 2.51. The van der Waals surface area contributed by atoms with E-state index < -0.39 is 15.8 Å². The number of rotatable bonds is 3. The molecule has 21 heavy (non-hydrogen) atoms. The number of benzene rings is 2. The first-order valence-corrected chi connectivity index (χ1v) is 8.39. The van der Waals surface area contributed by atoms with Crippen LogP contribution >= 0.6 is 27.5 Å². The summed E-state index contributed by atoms with van der Waals surface area (Å²) in [4.78, 5) is -0.0909. The number of sulfonamides is 1. The Kier molecular flexibility index (Phi) is 4.46. The van der Waals surface area contributed by atoms with E-state index in [0.717, 1.165) is 6.07 Å². The van der Waals surface area contributed by atoms with Crippen LogP contribution < -0.4 is 10.5 Å². The van der Waals surface area contributed by atoms with Crippen molar-refractivity contribution in [1.29, 1.82) is 0 Å². The lowest BCUT2D eigenvalue weighted by Crippen LogP contribution is -2.16. The van der Waals surface area contributed by atoms with Gasteiger partial charge in [-0.2, -0.15) is 0 Å². The highest BCUT2D eigenvalue weighted by Crippen LogP contribution is 2.29. The minimum Gasteiger partial charge on any atom is -0.398 e. The molecule has 0 saturated heterocycles. The molecule has 2 aromatic carbocycles. The van der Waals surface area contributed by atoms with Gasteiger partial charge in [0.2, 0.25) is 0 Å². The molecule has 2 rings (SSSR count). The van der Waals surface area contributed by atoms with Gasteiger partial charge in [-0.15, -0.1) is 0 Å². The van der Waals surface area contributed by atoms with Gasteiger partial charge in [-0.05, 0) is 42.8 Å². The molecule has 3 N–H and O–H groups in total. The molecule has 0 fully saturated rings. The molecule has 0 heterocycles. The molecule has 0 amide bonds. The summed E-state index contributed by atoms with van der Waals surface area (Å²) in [6.45, 7) is 1.55. The van der Waals surface area contributed by atoms with Crippen LogP contribution in [0.25, 0.3) is 0 Å². The SMILES string of the molecule is Cc1c(N)cc(Cl)cc1S(=O)(=O)Nc1cc(Br)ccc1F. The molecule has 112 valence electrons. The van der Waals surface area contributed by atoms with Crippen molar-refractivity contribution in [3.8, 4) is 0 Å². The number of nitrogens with two attached hydrogens (primary N) is 1. The monoisotopic (exact) mass is 392 g/mol. The molecular formula is C13H11BrClFN2O2S. The van der Waals surface area contributed by atoms with Crippen LogP contribution in [0, 0.1) is 12.7 Å². The van der Waals surface area contributed by atoms with Crippen molar-refractivity contribution in [1.82, 2.24) is 0 Å². The summed E-state index contributed by atoms with van der Waals surface area (Å²) in [5.41, 5.74) is 6.14. The average Bonchev–Trinajstić information content (AvgIpc) is 2.37. The minimum absolute atomic E-state index is 0.0909. The standard InChI is InChI=1S/C13H11BrClFN2O2S/c1-7-11(17)5-9(15)6-13(7)21(19,20)18-12-4-8(14)2-3-10(12)16/h2-6,18H,17H2,1H3. The fraction of sp³-hybridized carbons (Fsp3) is 0.0769. The highest BCUT2D eigenvalue weighted by Gasteiger charge is 2.20. The van der Waals surface area contributed by atoms with E-state index in [-0.39, 0.29) is 21.3 Å². The van der Waals surface area contributed by atoms with E-state index in [0.29, 0.717) is 10.0 Å². The molecule has 0 aliphatic heterocycles. The molecule has 0 atom stereocenters. The number of hydrogen-bond acceptors (Lipinski definition) is 3. The normalized spacial score (nSPS) is 11.4. The van der Waals surface area contributed by atoms with Gasteiger partial charge in [0.15, 0.2) is 0 Å². The summed E-state index contributed by atoms with van der Waals surface area (Å²) in [7, 11) is -4.00. The van der Waals surface area contributed by atoms with Crippen LogP contribution in [0.2, 0.25) is 5.02 Å². The molecule has 8 heteroatoms. The van der Waals surface area contributed by atoms with Gasteiger partial charge in [-0.1, -0.05) is 27.5 Å². The van der Waals surface area contributed by atoms with Crippen LogP contribution in [0.5, 0.6) is 0 Å². The molecule has 0 aliphatic carbocycles. The van der Waals surface area contributed by atoms with Gasteiger partial charge in [0.05, 0.1) is 10.6 Å². The zero-order chi connectivity index (χ0) is 15.8. The largest absolute Gasteiger partial charge is 0.398 e. The van der Waals surface area contributed by atoms with E-state index in [4.69, 9.17) is 17.3 Å². The van der Waals surface area contributed by atoms with Crippen molar-refractivity contribution in [2.24, 2.45) is 0 Å². The second-order valence-electron chi connectivity index (χ2n) is 4.35. The van der Waals surface area contributed by atoms with Crippen LogP contribution in [0.4, 0.5) is 15.8 Å². The molecule has 0 bridgehead atoms. The number of halogens is 3. The van der Waals surface area contributed by atoms with Crippen LogP contribution in [0.3, 0.4) is 0 Å². The summed E-state index contributed by atoms with van der Waals surface area (Å²) in [6, 6.07) is 6.67. The Hall–Kier alpha value is -1.31. The number of nitrogen functional groups attached to an aromatic ring is 1. The molecule has 0 spiro atoms. The summed E-state index contributed by atoms with van der Waals surface area (Å²) < 4.78 is 41.2. The lowest BCUT2D eigenvalue weighted by molar-refractivity contribution is 0.598. The van der Waals surface area contributed by atoms with Crippen LogP contribution in [-0.4, -0.2) is 8.42 Å². The van der Waals surface area contributed by atoms with Gasteiger partial charge in [0.25, 0.3) is 10.0 Å². The fourth-order valence-electron chi connectivity index (χ4n) is 1.73. The first kappa shape index (κ1) is 16.1. The molecule has 0 radical (unpaired) electrons. The highest BCUT2D eigenvalue weighted by molar-refractivity contribution is 9.10. The molecular weight excluding hydrogens is 383 g/mol. The zero-order valence-electron chi connectivity index (χ0n) is 10.8. The maximum absolute atomic E-state index is 13.7. The molecule has 0 saturated carbocycles. The predicted octanol–water partition coefficient (Wildman–Crippen LogP) is 3.93. The fourth-order valence-corrected chi connectivity index (χ4v) is 3.74. The van der Waals surface area contributed by atoms with E-state index in [1.165, 1.54) is 24.3 Å². The Labute approximate surface area is 135 Å². The molecule has 4 nitrogen and oxygen atoms in total. The van der Waals surface area contributed by atoms with Crippen molar-refractivity contribution in [3.05, 3.63) is 51.2 Å². The predicted molar refractivity (Wildman–Crippen MR) is 85.5 cm³/mol. The van der Waals surface area contributed by atoms with E-state index in [2.05, 4.69) is 20.7 Å². The average molecular weight is 394 g/mol. The third kappa shape index (κ3) is 3.48. The Bertz CT molecular complexity index is 812. The Morgan fingerprint density at radius 3 is 2.62 bits per heavy atom. The van der Waals surface area contributed by atoms with Crippen molar-refractivity contribution < 1.29 is 12.8 Å². The first-order valence-electron chi connectivity index (χ1n) is 5.74. The summed E-state index contributed by atoms with van der Waals surface area (Å²) in [6.07, 6.45) is 0. The lowest BCUT2D eigenvalue weighted by atomic mass is 10.2. The number of anilines is 2. The van der Waals surface area contributed by atoms with E-state index in [1.54, 1.807) is 6.92 Å². The van der Waals surface area contributed by atoms with Crippen molar-refractivity contribution in [2.75, 3.05) is 10.5 Å². The maximum atomic E-state index is 13.7. The topological polar surface area (TPSA) is 72.2 Å². The van der Waals surface area contributed by atoms with Gasteiger partial charge >= 0.3 is 0 Å².